The van der Waals surface area contributed by atoms with Gasteiger partial charge in [0.25, 0.3) is 0 Å². The van der Waals surface area contributed by atoms with Crippen LogP contribution in [0.1, 0.15) is 45.0 Å². The number of aromatic nitrogens is 6. The normalized spacial score (nSPS) is 13.6. The second-order valence-electron chi connectivity index (χ2n) is 17.2. The summed E-state index contributed by atoms with van der Waals surface area (Å²) in [6, 6.07) is 85.4. The van der Waals surface area contributed by atoms with Gasteiger partial charge in [-0.1, -0.05) is 218 Å². The van der Waals surface area contributed by atoms with Crippen LogP contribution in [-0.4, -0.2) is 29.7 Å². The van der Waals surface area contributed by atoms with Crippen LogP contribution in [0.25, 0.3) is 62.1 Å². The lowest BCUT2D eigenvalue weighted by Crippen LogP contribution is -2.36. The molecule has 13 rings (SSSR count). The molecule has 6 nitrogen and oxygen atoms in total. The van der Waals surface area contributed by atoms with Gasteiger partial charge in [0.15, 0.2) is 29.1 Å². The van der Waals surface area contributed by atoms with Crippen LogP contribution in [0.2, 0.25) is 0 Å². The zero-order chi connectivity index (χ0) is 44.4. The summed E-state index contributed by atoms with van der Waals surface area (Å²) in [4.78, 5) is 17.3. The van der Waals surface area contributed by atoms with Crippen LogP contribution >= 0.6 is 0 Å². The van der Waals surface area contributed by atoms with Gasteiger partial charge in [0.2, 0.25) is 0 Å². The molecule has 0 fully saturated rings. The van der Waals surface area contributed by atoms with Crippen molar-refractivity contribution in [2.24, 2.45) is 0 Å². The average Bonchev–Trinajstić information content (AvgIpc) is 4.08. The van der Waals surface area contributed by atoms with Gasteiger partial charge in [-0.15, -0.1) is 10.2 Å². The van der Waals surface area contributed by atoms with Crippen molar-refractivity contribution >= 4 is 0 Å². The molecule has 9 aromatic carbocycles. The molecular formula is C61H40N6. The minimum absolute atomic E-state index is 0.580. The first-order valence-electron chi connectivity index (χ1n) is 22.7. The first-order valence-corrected chi connectivity index (χ1v) is 22.7. The number of nitrogens with zero attached hydrogens (tertiary/aromatic N) is 6. The second kappa shape index (κ2) is 15.4. The summed E-state index contributed by atoms with van der Waals surface area (Å²) in [6.45, 7) is 0. The van der Waals surface area contributed by atoms with Crippen molar-refractivity contribution in [1.29, 1.82) is 0 Å². The Morgan fingerprint density at radius 1 is 0.284 bits per heavy atom. The molecule has 6 heteroatoms. The predicted molar refractivity (Wildman–Crippen MR) is 266 cm³/mol. The summed E-state index contributed by atoms with van der Waals surface area (Å²) in [5, 5.41) is 9.52. The lowest BCUT2D eigenvalue weighted by molar-refractivity contribution is 0.631. The van der Waals surface area contributed by atoms with Crippen molar-refractivity contribution in [3.63, 3.8) is 0 Å². The van der Waals surface area contributed by atoms with E-state index >= 15 is 0 Å². The van der Waals surface area contributed by atoms with Crippen molar-refractivity contribution in [3.05, 3.63) is 288 Å². The van der Waals surface area contributed by atoms with Gasteiger partial charge in [-0.05, 0) is 79.9 Å². The largest absolute Gasteiger partial charge is 0.275 e. The number of hydrogen-bond acceptors (Lipinski definition) is 5. The molecule has 314 valence electrons. The average molecular weight is 857 g/mol. The quantitative estimate of drug-likeness (QED) is 0.152. The molecule has 0 saturated carbocycles. The van der Waals surface area contributed by atoms with E-state index in [-0.39, 0.29) is 0 Å². The highest BCUT2D eigenvalue weighted by molar-refractivity contribution is 5.87. The third kappa shape index (κ3) is 5.73. The summed E-state index contributed by atoms with van der Waals surface area (Å²) < 4.78 is 2.13. The summed E-state index contributed by atoms with van der Waals surface area (Å²) in [5.41, 5.74) is 13.3. The second-order valence-corrected chi connectivity index (χ2v) is 17.2. The topological polar surface area (TPSA) is 69.4 Å². The van der Waals surface area contributed by atoms with Crippen molar-refractivity contribution in [2.75, 3.05) is 0 Å². The molecule has 2 aliphatic carbocycles. The number of benzene rings is 9. The van der Waals surface area contributed by atoms with Crippen LogP contribution in [0.15, 0.2) is 243 Å². The first kappa shape index (κ1) is 38.6. The van der Waals surface area contributed by atoms with Crippen LogP contribution in [0.3, 0.4) is 0 Å². The Kier molecular flexibility index (Phi) is 8.86. The van der Waals surface area contributed by atoms with Crippen LogP contribution < -0.4 is 0 Å². The molecule has 0 spiro atoms. The fourth-order valence-electron chi connectivity index (χ4n) is 10.9. The van der Waals surface area contributed by atoms with E-state index in [1.165, 1.54) is 22.3 Å². The summed E-state index contributed by atoms with van der Waals surface area (Å²) in [6.07, 6.45) is 0. The Morgan fingerprint density at radius 3 is 0.985 bits per heavy atom. The van der Waals surface area contributed by atoms with Crippen molar-refractivity contribution in [1.82, 2.24) is 29.7 Å². The molecule has 2 heterocycles. The highest BCUT2D eigenvalue weighted by Gasteiger charge is 2.52. The highest BCUT2D eigenvalue weighted by Crippen LogP contribution is 2.58. The maximum Gasteiger partial charge on any atom is 0.168 e. The Balaban J connectivity index is 1.11. The van der Waals surface area contributed by atoms with E-state index in [1.54, 1.807) is 0 Å². The van der Waals surface area contributed by atoms with E-state index in [2.05, 4.69) is 211 Å². The van der Waals surface area contributed by atoms with Crippen LogP contribution in [-0.2, 0) is 10.8 Å². The summed E-state index contributed by atoms with van der Waals surface area (Å²) in [5.74, 6) is 3.41. The number of rotatable bonds is 8. The molecule has 11 aromatic rings. The Morgan fingerprint density at radius 2 is 0.612 bits per heavy atom. The third-order valence-corrected chi connectivity index (χ3v) is 13.7. The van der Waals surface area contributed by atoms with E-state index < -0.39 is 10.8 Å². The molecule has 0 saturated heterocycles. The number of fused-ring (bicyclic) bond motifs is 6. The van der Waals surface area contributed by atoms with Gasteiger partial charge >= 0.3 is 0 Å². The van der Waals surface area contributed by atoms with Crippen LogP contribution in [0.5, 0.6) is 0 Å². The van der Waals surface area contributed by atoms with Crippen molar-refractivity contribution in [3.8, 4) is 62.1 Å². The zero-order valence-corrected chi connectivity index (χ0v) is 36.3. The molecular weight excluding hydrogens is 817 g/mol. The molecule has 0 aliphatic heterocycles. The maximum atomic E-state index is 5.92. The van der Waals surface area contributed by atoms with Gasteiger partial charge in [0, 0.05) is 22.4 Å². The Hall–Kier alpha value is -8.87. The summed E-state index contributed by atoms with van der Waals surface area (Å²) in [7, 11) is 0. The van der Waals surface area contributed by atoms with E-state index in [0.29, 0.717) is 17.5 Å². The molecule has 0 bridgehead atoms. The van der Waals surface area contributed by atoms with Gasteiger partial charge in [0.1, 0.15) is 10.8 Å². The fourth-order valence-corrected chi connectivity index (χ4v) is 10.9. The monoisotopic (exact) mass is 856 g/mol. The molecule has 2 aromatic heterocycles. The van der Waals surface area contributed by atoms with Crippen molar-refractivity contribution in [2.45, 2.75) is 10.8 Å². The molecule has 67 heavy (non-hydrogen) atoms. The Bertz CT molecular complexity index is 3320. The van der Waals surface area contributed by atoms with Gasteiger partial charge in [-0.3, -0.25) is 4.57 Å². The number of hydrogen-bond donors (Lipinski definition) is 0. The SMILES string of the molecule is c1ccc(-c2nnc(-c3ccccc3)n2-c2ccc(-c3nc(C4(c5ccccc5)c5ccccc5-c5ccccc54)nc(C4(c5ccccc5)c5ccccc5-c5ccccc54)n3)cc2)cc1. The maximum absolute atomic E-state index is 5.92. The zero-order valence-electron chi connectivity index (χ0n) is 36.3. The Labute approximate surface area is 388 Å². The molecule has 0 amide bonds. The minimum Gasteiger partial charge on any atom is -0.275 e. The summed E-state index contributed by atoms with van der Waals surface area (Å²) >= 11 is 0. The molecule has 0 radical (unpaired) electrons. The first-order chi connectivity index (χ1) is 33.2. The standard InChI is InChI=1S/C61H40N6/c1-5-21-42(22-6-1)56-65-66-57(43-23-7-2-8-24-43)67(56)46-39-37-41(38-40-46)55-62-58(60(44-25-9-3-10-26-44)51-33-17-13-29-47(51)48-30-14-18-34-52(48)60)64-59(63-55)61(45-27-11-4-12-28-45)53-35-19-15-31-49(53)50-32-16-20-36-54(50)61/h1-40H. The van der Waals surface area contributed by atoms with Gasteiger partial charge in [-0.25, -0.2) is 15.0 Å². The van der Waals surface area contributed by atoms with Crippen molar-refractivity contribution < 1.29 is 0 Å². The predicted octanol–water partition coefficient (Wildman–Crippen LogP) is 13.2. The smallest absolute Gasteiger partial charge is 0.168 e. The van der Waals surface area contributed by atoms with Crippen LogP contribution in [0, 0.1) is 0 Å². The van der Waals surface area contributed by atoms with Gasteiger partial charge < -0.3 is 0 Å². The third-order valence-electron chi connectivity index (χ3n) is 13.7. The lowest BCUT2D eigenvalue weighted by atomic mass is 9.70. The van der Waals surface area contributed by atoms with E-state index in [1.807, 2.05) is 36.4 Å². The molecule has 0 unspecified atom stereocenters. The van der Waals surface area contributed by atoms with E-state index in [4.69, 9.17) is 25.1 Å². The minimum atomic E-state index is -0.881. The van der Waals surface area contributed by atoms with E-state index in [0.717, 1.165) is 67.4 Å². The van der Waals surface area contributed by atoms with Gasteiger partial charge in [0.05, 0.1) is 0 Å². The molecule has 0 atom stereocenters. The fraction of sp³-hybridized carbons (Fsp3) is 0.0328. The molecule has 0 N–H and O–H groups in total. The highest BCUT2D eigenvalue weighted by atomic mass is 15.3. The van der Waals surface area contributed by atoms with Gasteiger partial charge in [-0.2, -0.15) is 0 Å². The van der Waals surface area contributed by atoms with Crippen LogP contribution in [0.4, 0.5) is 0 Å². The van der Waals surface area contributed by atoms with E-state index in [9.17, 15) is 0 Å². The molecule has 2 aliphatic rings. The lowest BCUT2D eigenvalue weighted by Gasteiger charge is -2.35.